The number of pyridine rings is 1. The zero-order valence-corrected chi connectivity index (χ0v) is 38.1. The van der Waals surface area contributed by atoms with Crippen molar-refractivity contribution in [2.45, 2.75) is 140 Å². The maximum atomic E-state index is 15.1. The molecular weight excluding hydrogens is 846 g/mol. The molecule has 1 unspecified atom stereocenters. The van der Waals surface area contributed by atoms with Crippen LogP contribution in [-0.2, 0) is 29.1 Å². The average molecular weight is 907 g/mol. The molecule has 6 rings (SSSR count). The van der Waals surface area contributed by atoms with Crippen molar-refractivity contribution in [3.05, 3.63) is 36.5 Å². The van der Waals surface area contributed by atoms with Crippen LogP contribution in [0.15, 0.2) is 36.5 Å². The molecule has 19 heteroatoms. The molecule has 1 saturated heterocycles. The van der Waals surface area contributed by atoms with Gasteiger partial charge in [-0.3, -0.25) is 19.1 Å². The highest BCUT2D eigenvalue weighted by Gasteiger charge is 2.63. The summed E-state index contributed by atoms with van der Waals surface area (Å²) in [5, 5.41) is 6.70. The van der Waals surface area contributed by atoms with Crippen molar-refractivity contribution in [1.29, 1.82) is 0 Å². The Morgan fingerprint density at radius 2 is 1.78 bits per heavy atom. The highest BCUT2D eigenvalue weighted by atomic mass is 32.2. The van der Waals surface area contributed by atoms with Gasteiger partial charge in [-0.25, -0.2) is 18.2 Å². The second kappa shape index (κ2) is 18.0. The molecule has 3 N–H and O–H groups in total. The second-order valence-electron chi connectivity index (χ2n) is 18.2. The quantitative estimate of drug-likeness (QED) is 0.208. The van der Waals surface area contributed by atoms with Crippen LogP contribution < -0.4 is 29.7 Å². The highest BCUT2D eigenvalue weighted by molar-refractivity contribution is 7.91. The average Bonchev–Trinajstić information content (AvgIpc) is 4.10. The number of aromatic nitrogens is 1. The third-order valence-electron chi connectivity index (χ3n) is 13.3. The van der Waals surface area contributed by atoms with Crippen LogP contribution in [0.2, 0.25) is 0 Å². The molecule has 3 fully saturated rings. The number of hydrogen-bond acceptors (Lipinski definition) is 11. The van der Waals surface area contributed by atoms with Crippen LogP contribution >= 0.6 is 0 Å². The first-order chi connectivity index (χ1) is 29.5. The van der Waals surface area contributed by atoms with Crippen molar-refractivity contribution in [3.8, 4) is 11.6 Å². The van der Waals surface area contributed by atoms with Crippen molar-refractivity contribution in [2.75, 3.05) is 31.6 Å². The van der Waals surface area contributed by atoms with Gasteiger partial charge in [-0.2, -0.15) is 13.2 Å². The third-order valence-corrected chi connectivity index (χ3v) is 15.5. The molecule has 2 aromatic rings. The van der Waals surface area contributed by atoms with Crippen LogP contribution in [0, 0.1) is 17.8 Å². The van der Waals surface area contributed by atoms with E-state index in [1.54, 1.807) is 45.4 Å². The molecule has 4 amide bonds. The summed E-state index contributed by atoms with van der Waals surface area (Å²) in [6.07, 6.45) is 0.714. The summed E-state index contributed by atoms with van der Waals surface area (Å²) >= 11 is 0. The molecule has 3 heterocycles. The van der Waals surface area contributed by atoms with E-state index in [-0.39, 0.29) is 31.2 Å². The number of anilines is 1. The van der Waals surface area contributed by atoms with Gasteiger partial charge in [0.25, 0.3) is 5.91 Å². The zero-order chi connectivity index (χ0) is 46.3. The molecular formula is C44H61F3N6O9S. The lowest BCUT2D eigenvalue weighted by molar-refractivity contribution is -0.244. The molecule has 1 aromatic carbocycles. The van der Waals surface area contributed by atoms with Crippen molar-refractivity contribution in [3.63, 3.8) is 0 Å². The van der Waals surface area contributed by atoms with E-state index < -0.39 is 85.9 Å². The van der Waals surface area contributed by atoms with Crippen molar-refractivity contribution >= 4 is 50.3 Å². The Balaban J connectivity index is 1.40. The highest BCUT2D eigenvalue weighted by Crippen LogP contribution is 2.48. The third kappa shape index (κ3) is 9.82. The van der Waals surface area contributed by atoms with Gasteiger partial charge in [-0.15, -0.1) is 0 Å². The minimum Gasteiger partial charge on any atom is -0.497 e. The number of nitrogens with one attached hydrogen (secondary N) is 3. The SMILES string of the molecule is CC[C@@H]1C[C@H](C)CC/C=C\C2C[C@@]2(C(=O)NS(=O)(=O)C2(C)CC2)NC(=O)[C@@H]2C[C@@H](Oc3ncc(N(CC)CC)c4cc(OC)ccc34)CN2C(=O)[C@H]1NC(=O)OC(C)(C)C(F)(F)F. The van der Waals surface area contributed by atoms with Crippen molar-refractivity contribution in [1.82, 2.24) is 25.2 Å². The van der Waals surface area contributed by atoms with E-state index >= 15 is 4.79 Å². The summed E-state index contributed by atoms with van der Waals surface area (Å²) in [6.45, 7) is 11.9. The maximum Gasteiger partial charge on any atom is 0.427 e. The first-order valence-corrected chi connectivity index (χ1v) is 23.3. The molecule has 2 aliphatic carbocycles. The molecule has 2 aliphatic heterocycles. The minimum atomic E-state index is -4.92. The van der Waals surface area contributed by atoms with E-state index in [1.807, 2.05) is 32.9 Å². The zero-order valence-electron chi connectivity index (χ0n) is 37.3. The molecule has 4 aliphatic rings. The molecule has 2 saturated carbocycles. The smallest absolute Gasteiger partial charge is 0.427 e. The van der Waals surface area contributed by atoms with Gasteiger partial charge < -0.3 is 34.6 Å². The number of ether oxygens (including phenoxy) is 3. The lowest BCUT2D eigenvalue weighted by atomic mass is 9.85. The summed E-state index contributed by atoms with van der Waals surface area (Å²) in [6, 6.07) is 2.66. The second-order valence-corrected chi connectivity index (χ2v) is 20.4. The maximum absolute atomic E-state index is 15.1. The first kappa shape index (κ1) is 47.7. The largest absolute Gasteiger partial charge is 0.497 e. The van der Waals surface area contributed by atoms with Gasteiger partial charge in [-0.05, 0) is 103 Å². The van der Waals surface area contributed by atoms with Gasteiger partial charge in [0.2, 0.25) is 33.3 Å². The topological polar surface area (TPSA) is 186 Å². The number of rotatable bonds is 12. The van der Waals surface area contributed by atoms with Gasteiger partial charge in [0.15, 0.2) is 0 Å². The molecule has 0 radical (unpaired) electrons. The van der Waals surface area contributed by atoms with Crippen molar-refractivity contribution in [2.24, 2.45) is 17.8 Å². The van der Waals surface area contributed by atoms with Crippen LogP contribution in [0.3, 0.4) is 0 Å². The Kier molecular flexibility index (Phi) is 13.6. The van der Waals surface area contributed by atoms with E-state index in [4.69, 9.17) is 14.2 Å². The number of fused-ring (bicyclic) bond motifs is 3. The van der Waals surface area contributed by atoms with Gasteiger partial charge >= 0.3 is 12.3 Å². The van der Waals surface area contributed by atoms with Gasteiger partial charge in [0.05, 0.1) is 30.3 Å². The summed E-state index contributed by atoms with van der Waals surface area (Å²) in [7, 11) is -2.53. The van der Waals surface area contributed by atoms with E-state index in [9.17, 15) is 36.0 Å². The van der Waals surface area contributed by atoms with Gasteiger partial charge in [0, 0.05) is 36.2 Å². The Morgan fingerprint density at radius 3 is 2.40 bits per heavy atom. The van der Waals surface area contributed by atoms with Crippen LogP contribution in [0.4, 0.5) is 23.7 Å². The van der Waals surface area contributed by atoms with E-state index in [0.29, 0.717) is 76.6 Å². The number of alkyl halides is 3. The monoisotopic (exact) mass is 906 g/mol. The fraction of sp³-hybridized carbons (Fsp3) is 0.659. The number of nitrogens with zero attached hydrogens (tertiary/aromatic N) is 3. The number of amides is 4. The Hall–Kier alpha value is -4.81. The van der Waals surface area contributed by atoms with Crippen LogP contribution in [0.1, 0.15) is 99.8 Å². The Labute approximate surface area is 367 Å². The number of carbonyl (C=O) groups excluding carboxylic acids is 4. The molecule has 7 atom stereocenters. The first-order valence-electron chi connectivity index (χ1n) is 21.8. The number of benzene rings is 1. The van der Waals surface area contributed by atoms with E-state index in [0.717, 1.165) is 11.1 Å². The van der Waals surface area contributed by atoms with Gasteiger partial charge in [-0.1, -0.05) is 32.4 Å². The molecule has 1 aromatic heterocycles. The standard InChI is InChI=1S/C44H61F3N6O9S/c1-9-27-20-26(4)14-12-13-15-28-23-43(28,39(56)51-63(58,59)42(7)18-19-42)50-36(54)33-22-30(25-53(33)38(55)35(27)49-40(57)62-41(5,6)44(45,46)47)61-37-31-17-16-29(60-8)21-32(31)34(24-48-37)52(10-2)11-3/h13,15-17,21,24,26-28,30,33,35H,9-12,14,18-20,22-23,25H2,1-8H3,(H,49,57)(H,50,54)(H,51,56)/b15-13-/t26-,27-,28?,30-,33+,35+,43-/m1/s1. The normalized spacial score (nSPS) is 28.0. The van der Waals surface area contributed by atoms with Gasteiger partial charge in [0.1, 0.15) is 29.5 Å². The summed E-state index contributed by atoms with van der Waals surface area (Å²) in [4.78, 5) is 65.2. The van der Waals surface area contributed by atoms with Crippen LogP contribution in [-0.4, -0.2) is 109 Å². The number of hydrogen-bond donors (Lipinski definition) is 3. The molecule has 0 bridgehead atoms. The van der Waals surface area contributed by atoms with Crippen LogP contribution in [0.25, 0.3) is 10.8 Å². The lowest BCUT2D eigenvalue weighted by Gasteiger charge is -2.35. The lowest BCUT2D eigenvalue weighted by Crippen LogP contribution is -2.60. The summed E-state index contributed by atoms with van der Waals surface area (Å²) in [5.41, 5.74) is -3.71. The van der Waals surface area contributed by atoms with Crippen LogP contribution in [0.5, 0.6) is 11.6 Å². The number of sulfonamides is 1. The van der Waals surface area contributed by atoms with Crippen molar-refractivity contribution < 1.29 is 55.0 Å². The fourth-order valence-corrected chi connectivity index (χ4v) is 9.95. The molecule has 63 heavy (non-hydrogen) atoms. The number of halogens is 3. The fourth-order valence-electron chi connectivity index (χ4n) is 8.64. The van der Waals surface area contributed by atoms with E-state index in [1.165, 1.54) is 4.90 Å². The number of alkyl carbamates (subject to hydrolysis) is 1. The molecule has 0 spiro atoms. The Bertz CT molecular complexity index is 2210. The number of methoxy groups -OCH3 is 1. The summed E-state index contributed by atoms with van der Waals surface area (Å²) < 4.78 is 86.3. The minimum absolute atomic E-state index is 0.0383. The number of carbonyl (C=O) groups is 4. The summed E-state index contributed by atoms with van der Waals surface area (Å²) in [5.74, 6) is -2.80. The predicted octanol–water partition coefficient (Wildman–Crippen LogP) is 6.15. The number of allylic oxidation sites excluding steroid dienone is 1. The molecule has 15 nitrogen and oxygen atoms in total. The predicted molar refractivity (Wildman–Crippen MR) is 230 cm³/mol. The van der Waals surface area contributed by atoms with E-state index in [2.05, 4.69) is 25.2 Å². The molecule has 348 valence electrons. The Morgan fingerprint density at radius 1 is 1.08 bits per heavy atom.